The van der Waals surface area contributed by atoms with Gasteiger partial charge in [-0.05, 0) is 24.8 Å². The molecular formula is C19H23N3O2. The van der Waals surface area contributed by atoms with Gasteiger partial charge >= 0.3 is 0 Å². The number of hydrogen-bond acceptors (Lipinski definition) is 3. The second-order valence-electron chi connectivity index (χ2n) is 6.91. The third-order valence-electron chi connectivity index (χ3n) is 5.47. The smallest absolute Gasteiger partial charge is 0.230 e. The van der Waals surface area contributed by atoms with E-state index in [9.17, 15) is 9.90 Å². The van der Waals surface area contributed by atoms with Crippen LogP contribution in [-0.2, 0) is 18.3 Å². The lowest BCUT2D eigenvalue weighted by molar-refractivity contribution is -0.144. The fourth-order valence-electron chi connectivity index (χ4n) is 4.18. The average molecular weight is 325 g/mol. The largest absolute Gasteiger partial charge is 0.394 e. The number of likely N-dealkylation sites (tertiary alicyclic amines) is 1. The van der Waals surface area contributed by atoms with Gasteiger partial charge in [0.15, 0.2) is 0 Å². The number of aromatic nitrogens is 2. The highest BCUT2D eigenvalue weighted by molar-refractivity contribution is 5.85. The lowest BCUT2D eigenvalue weighted by atomic mass is 9.79. The van der Waals surface area contributed by atoms with E-state index in [1.807, 2.05) is 41.0 Å². The molecule has 1 fully saturated rings. The molecule has 4 rings (SSSR count). The molecule has 1 unspecified atom stereocenters. The number of carbonyl (C=O) groups excluding carboxylic acids is 1. The van der Waals surface area contributed by atoms with Gasteiger partial charge in [-0.25, -0.2) is 0 Å². The first-order valence-electron chi connectivity index (χ1n) is 8.67. The van der Waals surface area contributed by atoms with Crippen LogP contribution in [0.4, 0.5) is 0 Å². The summed E-state index contributed by atoms with van der Waals surface area (Å²) < 4.78 is 1.81. The lowest BCUT2D eigenvalue weighted by Gasteiger charge is -2.49. The molecule has 0 bridgehead atoms. The van der Waals surface area contributed by atoms with Crippen molar-refractivity contribution in [2.24, 2.45) is 7.05 Å². The molecule has 1 aliphatic heterocycles. The summed E-state index contributed by atoms with van der Waals surface area (Å²) in [6.45, 7) is 0.706. The van der Waals surface area contributed by atoms with Crippen molar-refractivity contribution in [2.45, 2.75) is 37.1 Å². The van der Waals surface area contributed by atoms with Crippen LogP contribution < -0.4 is 0 Å². The van der Waals surface area contributed by atoms with Crippen LogP contribution in [0.15, 0.2) is 36.5 Å². The Morgan fingerprint density at radius 3 is 2.88 bits per heavy atom. The summed E-state index contributed by atoms with van der Waals surface area (Å²) in [5.74, 6) is 0.278. The Balaban J connectivity index is 1.54. The molecule has 1 aliphatic carbocycles. The maximum Gasteiger partial charge on any atom is 0.230 e. The van der Waals surface area contributed by atoms with Crippen LogP contribution in [0, 0.1) is 0 Å². The minimum atomic E-state index is -0.109. The van der Waals surface area contributed by atoms with E-state index < -0.39 is 0 Å². The normalized spacial score (nSPS) is 25.9. The Kier molecular flexibility index (Phi) is 3.88. The van der Waals surface area contributed by atoms with Crippen LogP contribution in [0.3, 0.4) is 0 Å². The highest BCUT2D eigenvalue weighted by Gasteiger charge is 2.45. The van der Waals surface area contributed by atoms with Crippen LogP contribution in [0.5, 0.6) is 0 Å². The minimum Gasteiger partial charge on any atom is -0.394 e. The molecule has 1 amide bonds. The van der Waals surface area contributed by atoms with E-state index in [2.05, 4.69) is 17.2 Å². The van der Waals surface area contributed by atoms with E-state index in [1.165, 1.54) is 5.56 Å². The molecule has 0 spiro atoms. The number of rotatable bonds is 3. The molecule has 5 nitrogen and oxygen atoms in total. The maximum absolute atomic E-state index is 13.1. The zero-order valence-electron chi connectivity index (χ0n) is 13.9. The number of aryl methyl sites for hydroxylation is 2. The molecule has 126 valence electrons. The van der Waals surface area contributed by atoms with E-state index >= 15 is 0 Å². The molecule has 2 aliphatic rings. The Hall–Kier alpha value is -2.14. The SMILES string of the molecule is Cn1cc2c(n1)CCCC2C(=O)N1C[C@H](c2ccccc2)[C@H]1CO. The monoisotopic (exact) mass is 325 g/mol. The van der Waals surface area contributed by atoms with Crippen molar-refractivity contribution >= 4 is 5.91 Å². The van der Waals surface area contributed by atoms with Gasteiger partial charge in [-0.3, -0.25) is 9.48 Å². The van der Waals surface area contributed by atoms with E-state index in [1.54, 1.807) is 0 Å². The fraction of sp³-hybridized carbons (Fsp3) is 0.474. The van der Waals surface area contributed by atoms with Gasteiger partial charge in [0.2, 0.25) is 5.91 Å². The topological polar surface area (TPSA) is 58.4 Å². The summed E-state index contributed by atoms with van der Waals surface area (Å²) in [7, 11) is 1.91. The number of fused-ring (bicyclic) bond motifs is 1. The van der Waals surface area contributed by atoms with Gasteiger partial charge in [-0.15, -0.1) is 0 Å². The van der Waals surface area contributed by atoms with Gasteiger partial charge in [-0.1, -0.05) is 30.3 Å². The molecule has 5 heteroatoms. The molecule has 1 aromatic heterocycles. The van der Waals surface area contributed by atoms with Crippen LogP contribution in [0.25, 0.3) is 0 Å². The number of hydrogen-bond donors (Lipinski definition) is 1. The average Bonchev–Trinajstić information content (AvgIpc) is 2.95. The Morgan fingerprint density at radius 2 is 2.12 bits per heavy atom. The number of benzene rings is 1. The van der Waals surface area contributed by atoms with Gasteiger partial charge in [-0.2, -0.15) is 5.10 Å². The van der Waals surface area contributed by atoms with E-state index in [0.29, 0.717) is 6.54 Å². The number of amides is 1. The van der Waals surface area contributed by atoms with Crippen molar-refractivity contribution < 1.29 is 9.90 Å². The Bertz CT molecular complexity index is 740. The van der Waals surface area contributed by atoms with Crippen molar-refractivity contribution in [3.63, 3.8) is 0 Å². The zero-order chi connectivity index (χ0) is 16.7. The molecule has 0 radical (unpaired) electrons. The number of aliphatic hydroxyl groups excluding tert-OH is 1. The third kappa shape index (κ3) is 2.44. The maximum atomic E-state index is 13.1. The molecule has 1 aromatic carbocycles. The summed E-state index contributed by atoms with van der Waals surface area (Å²) in [5, 5.41) is 14.3. The van der Waals surface area contributed by atoms with Crippen molar-refractivity contribution in [3.8, 4) is 0 Å². The third-order valence-corrected chi connectivity index (χ3v) is 5.47. The summed E-state index contributed by atoms with van der Waals surface area (Å²) in [4.78, 5) is 14.9. The minimum absolute atomic E-state index is 0.0118. The molecule has 2 heterocycles. The predicted octanol–water partition coefficient (Wildman–Crippen LogP) is 1.83. The molecule has 1 saturated heterocycles. The van der Waals surface area contributed by atoms with Crippen LogP contribution in [0.1, 0.15) is 41.5 Å². The molecular weight excluding hydrogens is 302 g/mol. The van der Waals surface area contributed by atoms with Crippen molar-refractivity contribution in [1.29, 1.82) is 0 Å². The molecule has 3 atom stereocenters. The van der Waals surface area contributed by atoms with Crippen molar-refractivity contribution in [3.05, 3.63) is 53.3 Å². The fourth-order valence-corrected chi connectivity index (χ4v) is 4.18. The van der Waals surface area contributed by atoms with Crippen LogP contribution in [-0.4, -0.2) is 44.9 Å². The quantitative estimate of drug-likeness (QED) is 0.936. The van der Waals surface area contributed by atoms with Crippen molar-refractivity contribution in [1.82, 2.24) is 14.7 Å². The lowest BCUT2D eigenvalue weighted by Crippen LogP contribution is -2.60. The predicted molar refractivity (Wildman–Crippen MR) is 90.7 cm³/mol. The standard InChI is InChI=1S/C19H23N3O2/c1-21-10-16-14(8-5-9-17(16)20-21)19(24)22-11-15(18(22)12-23)13-6-3-2-4-7-13/h2-4,6-7,10,14-15,18,23H,5,8-9,11-12H2,1H3/t14?,15-,18-/m1/s1. The Morgan fingerprint density at radius 1 is 1.33 bits per heavy atom. The van der Waals surface area contributed by atoms with Crippen LogP contribution >= 0.6 is 0 Å². The highest BCUT2D eigenvalue weighted by atomic mass is 16.3. The highest BCUT2D eigenvalue weighted by Crippen LogP contribution is 2.39. The van der Waals surface area contributed by atoms with E-state index in [4.69, 9.17) is 0 Å². The summed E-state index contributed by atoms with van der Waals surface area (Å²) in [5.41, 5.74) is 3.34. The van der Waals surface area contributed by atoms with Gasteiger partial charge < -0.3 is 10.0 Å². The van der Waals surface area contributed by atoms with Gasteiger partial charge in [0.1, 0.15) is 0 Å². The molecule has 0 saturated carbocycles. The second-order valence-corrected chi connectivity index (χ2v) is 6.91. The first-order valence-corrected chi connectivity index (χ1v) is 8.67. The Labute approximate surface area is 141 Å². The summed E-state index contributed by atoms with van der Waals surface area (Å²) in [6.07, 6.45) is 4.82. The zero-order valence-corrected chi connectivity index (χ0v) is 13.9. The number of aliphatic hydroxyl groups is 1. The number of carbonyl (C=O) groups is 1. The van der Waals surface area contributed by atoms with Gasteiger partial charge in [0, 0.05) is 31.3 Å². The second kappa shape index (κ2) is 6.06. The first-order chi connectivity index (χ1) is 11.7. The van der Waals surface area contributed by atoms with Gasteiger partial charge in [0.05, 0.1) is 24.3 Å². The molecule has 1 N–H and O–H groups in total. The summed E-state index contributed by atoms with van der Waals surface area (Å²) in [6, 6.07) is 10.1. The van der Waals surface area contributed by atoms with E-state index in [0.717, 1.165) is 30.5 Å². The number of nitrogens with zero attached hydrogens (tertiary/aromatic N) is 3. The molecule has 2 aromatic rings. The van der Waals surface area contributed by atoms with Crippen LogP contribution in [0.2, 0.25) is 0 Å². The summed E-state index contributed by atoms with van der Waals surface area (Å²) >= 11 is 0. The van der Waals surface area contributed by atoms with E-state index in [-0.39, 0.29) is 30.4 Å². The molecule has 24 heavy (non-hydrogen) atoms. The van der Waals surface area contributed by atoms with Gasteiger partial charge in [0.25, 0.3) is 0 Å². The first kappa shape index (κ1) is 15.4. The van der Waals surface area contributed by atoms with Crippen molar-refractivity contribution in [2.75, 3.05) is 13.2 Å².